The smallest absolute Gasteiger partial charge is 0.248 e. The molecule has 0 radical (unpaired) electrons. The van der Waals surface area contributed by atoms with E-state index >= 15 is 4.39 Å². The van der Waals surface area contributed by atoms with Gasteiger partial charge in [0.15, 0.2) is 11.2 Å². The van der Waals surface area contributed by atoms with Crippen LogP contribution in [0, 0.1) is 5.82 Å². The number of nitrogens with two attached hydrogens (primary N) is 1. The molecule has 218 valence electrons. The highest BCUT2D eigenvalue weighted by Gasteiger charge is 2.52. The number of hydrogen-bond donors (Lipinski definition) is 3. The first-order valence-electron chi connectivity index (χ1n) is 13.5. The van der Waals surface area contributed by atoms with E-state index in [1.807, 2.05) is 67.6 Å². The van der Waals surface area contributed by atoms with Crippen LogP contribution in [0.3, 0.4) is 0 Å². The summed E-state index contributed by atoms with van der Waals surface area (Å²) in [5.41, 5.74) is 4.40. The number of hydrogen-bond acceptors (Lipinski definition) is 5. The topological polar surface area (TPSA) is 93.8 Å². The molecule has 0 bridgehead atoms. The maximum Gasteiger partial charge on any atom is 0.248 e. The van der Waals surface area contributed by atoms with Crippen molar-refractivity contribution in [1.29, 1.82) is 0 Å². The zero-order valence-corrected chi connectivity index (χ0v) is 23.7. The van der Waals surface area contributed by atoms with E-state index in [0.717, 1.165) is 11.1 Å². The highest BCUT2D eigenvalue weighted by Crippen LogP contribution is 2.55. The lowest BCUT2D eigenvalue weighted by Crippen LogP contribution is -2.44. The van der Waals surface area contributed by atoms with Crippen molar-refractivity contribution >= 4 is 17.5 Å². The third-order valence-corrected chi connectivity index (χ3v) is 8.14. The lowest BCUT2D eigenvalue weighted by atomic mass is 9.76. The van der Waals surface area contributed by atoms with Crippen LogP contribution in [0.15, 0.2) is 91.0 Å². The second kappa shape index (κ2) is 12.1. The molecule has 4 aromatic carbocycles. The Labute approximate surface area is 248 Å². The minimum atomic E-state index is -2.31. The molecule has 0 aliphatic carbocycles. The third kappa shape index (κ3) is 5.57. The van der Waals surface area contributed by atoms with Crippen LogP contribution in [-0.4, -0.2) is 30.8 Å². The minimum Gasteiger partial charge on any atom is -0.490 e. The number of fused-ring (bicyclic) bond motifs is 1. The molecular formula is C33H31ClF2N2O4. The van der Waals surface area contributed by atoms with E-state index in [0.29, 0.717) is 18.7 Å². The molecule has 1 aliphatic heterocycles. The Balaban J connectivity index is 1.51. The Bertz CT molecular complexity index is 1560. The van der Waals surface area contributed by atoms with E-state index < -0.39 is 47.1 Å². The number of aliphatic hydroxyl groups is 1. The van der Waals surface area contributed by atoms with Gasteiger partial charge in [0, 0.05) is 41.8 Å². The molecule has 2 unspecified atom stereocenters. The number of nitrogens with one attached hydrogen (secondary N) is 1. The number of carbonyl (C=O) groups is 1. The van der Waals surface area contributed by atoms with Crippen molar-refractivity contribution in [2.24, 2.45) is 5.73 Å². The number of halogens is 3. The predicted octanol–water partition coefficient (Wildman–Crippen LogP) is 6.00. The van der Waals surface area contributed by atoms with Crippen molar-refractivity contribution in [1.82, 2.24) is 5.32 Å². The second-order valence-electron chi connectivity index (χ2n) is 10.5. The van der Waals surface area contributed by atoms with Crippen LogP contribution in [-0.2, 0) is 17.7 Å². The molecule has 0 spiro atoms. The first-order valence-corrected chi connectivity index (χ1v) is 13.9. The summed E-state index contributed by atoms with van der Waals surface area (Å²) in [7, 11) is 0. The Kier molecular flexibility index (Phi) is 8.50. The molecule has 0 saturated heterocycles. The zero-order valence-electron chi connectivity index (χ0n) is 22.9. The number of primary amides is 1. The summed E-state index contributed by atoms with van der Waals surface area (Å²) in [6, 6.07) is 26.4. The van der Waals surface area contributed by atoms with E-state index in [1.165, 1.54) is 30.3 Å². The molecule has 0 saturated carbocycles. The molecule has 1 amide bonds. The fraction of sp³-hybridized carbons (Fsp3) is 0.242. The van der Waals surface area contributed by atoms with E-state index in [4.69, 9.17) is 26.8 Å². The third-order valence-electron chi connectivity index (χ3n) is 7.77. The summed E-state index contributed by atoms with van der Waals surface area (Å²) >= 11 is 6.49. The maximum absolute atomic E-state index is 15.3. The molecule has 42 heavy (non-hydrogen) atoms. The normalized spacial score (nSPS) is 19.0. The van der Waals surface area contributed by atoms with Gasteiger partial charge in [-0.3, -0.25) is 4.79 Å². The number of amides is 1. The van der Waals surface area contributed by atoms with Crippen LogP contribution in [0.2, 0.25) is 5.02 Å². The van der Waals surface area contributed by atoms with Gasteiger partial charge in [-0.15, -0.1) is 0 Å². The van der Waals surface area contributed by atoms with E-state index in [2.05, 4.69) is 5.32 Å². The van der Waals surface area contributed by atoms with Crippen molar-refractivity contribution in [3.8, 4) is 11.5 Å². The van der Waals surface area contributed by atoms with Gasteiger partial charge in [0.25, 0.3) is 0 Å². The van der Waals surface area contributed by atoms with Gasteiger partial charge in [0.2, 0.25) is 5.91 Å². The highest BCUT2D eigenvalue weighted by molar-refractivity contribution is 6.31. The lowest BCUT2D eigenvalue weighted by molar-refractivity contribution is -0.0301. The second-order valence-corrected chi connectivity index (χ2v) is 10.8. The monoisotopic (exact) mass is 592 g/mol. The summed E-state index contributed by atoms with van der Waals surface area (Å²) in [6.45, 7) is 0.895. The first kappa shape index (κ1) is 29.5. The van der Waals surface area contributed by atoms with Gasteiger partial charge in [-0.1, -0.05) is 79.2 Å². The molecule has 0 aromatic heterocycles. The number of carbonyl (C=O) groups excluding carboxylic acids is 1. The van der Waals surface area contributed by atoms with Gasteiger partial charge in [-0.2, -0.15) is 0 Å². The lowest BCUT2D eigenvalue weighted by Gasteiger charge is -2.35. The fourth-order valence-electron chi connectivity index (χ4n) is 5.51. The maximum atomic E-state index is 15.3. The molecule has 6 nitrogen and oxygen atoms in total. The van der Waals surface area contributed by atoms with Gasteiger partial charge in [0.1, 0.15) is 30.6 Å². The SMILES string of the molecule is CC1c2c(cc(F)c(Cl)c2[C@@](O)(CF)COc2ccc(C(N)=O)cc2)OC1(CNCc1ccccc1)c1ccccc1. The van der Waals surface area contributed by atoms with Crippen LogP contribution in [0.25, 0.3) is 0 Å². The van der Waals surface area contributed by atoms with Gasteiger partial charge in [-0.05, 0) is 35.4 Å². The van der Waals surface area contributed by atoms with Crippen LogP contribution in [0.1, 0.15) is 45.5 Å². The van der Waals surface area contributed by atoms with E-state index in [9.17, 15) is 14.3 Å². The van der Waals surface area contributed by atoms with Crippen molar-refractivity contribution in [2.75, 3.05) is 19.8 Å². The number of ether oxygens (including phenoxy) is 2. The molecule has 1 aliphatic rings. The average Bonchev–Trinajstić information content (AvgIpc) is 3.28. The van der Waals surface area contributed by atoms with Crippen LogP contribution >= 0.6 is 11.6 Å². The van der Waals surface area contributed by atoms with Crippen molar-refractivity contribution in [3.05, 3.63) is 130 Å². The molecule has 4 aromatic rings. The average molecular weight is 593 g/mol. The van der Waals surface area contributed by atoms with Crippen LogP contribution in [0.4, 0.5) is 8.78 Å². The summed E-state index contributed by atoms with van der Waals surface area (Å²) < 4.78 is 42.4. The van der Waals surface area contributed by atoms with E-state index in [1.54, 1.807) is 0 Å². The van der Waals surface area contributed by atoms with Crippen LogP contribution in [0.5, 0.6) is 11.5 Å². The van der Waals surface area contributed by atoms with Crippen molar-refractivity contribution in [3.63, 3.8) is 0 Å². The van der Waals surface area contributed by atoms with E-state index in [-0.39, 0.29) is 22.6 Å². The van der Waals surface area contributed by atoms with Crippen LogP contribution < -0.4 is 20.5 Å². The Hall–Kier alpha value is -3.98. The molecule has 1 heterocycles. The first-order chi connectivity index (χ1) is 20.2. The summed E-state index contributed by atoms with van der Waals surface area (Å²) in [6.07, 6.45) is 0. The summed E-state index contributed by atoms with van der Waals surface area (Å²) in [4.78, 5) is 11.4. The fourth-order valence-corrected chi connectivity index (χ4v) is 5.84. The van der Waals surface area contributed by atoms with Gasteiger partial charge >= 0.3 is 0 Å². The molecule has 4 N–H and O–H groups in total. The molecular weight excluding hydrogens is 562 g/mol. The summed E-state index contributed by atoms with van der Waals surface area (Å²) in [5.74, 6) is -1.53. The van der Waals surface area contributed by atoms with Crippen molar-refractivity contribution < 1.29 is 28.2 Å². The Morgan fingerprint density at radius 2 is 1.74 bits per heavy atom. The minimum absolute atomic E-state index is 0.121. The van der Waals surface area contributed by atoms with Crippen molar-refractivity contribution in [2.45, 2.75) is 30.6 Å². The quantitative estimate of drug-likeness (QED) is 0.199. The predicted molar refractivity (Wildman–Crippen MR) is 157 cm³/mol. The Morgan fingerprint density at radius 3 is 2.36 bits per heavy atom. The zero-order chi connectivity index (χ0) is 29.9. The Morgan fingerprint density at radius 1 is 1.10 bits per heavy atom. The standard InChI is InChI=1S/C33H31ClF2N2O4/c1-21-28-27(42-33(21,24-10-6-3-7-11-24)19-38-17-22-8-4-2-5-9-22)16-26(36)30(34)29(28)32(40,18-35)20-41-25-14-12-23(13-15-25)31(37)39/h2-16,21,38,40H,17-20H2,1H3,(H2,37,39)/t21?,32-,33?/m1/s1. The summed E-state index contributed by atoms with van der Waals surface area (Å²) in [5, 5.41) is 14.7. The molecule has 3 atom stereocenters. The molecule has 0 fully saturated rings. The highest BCUT2D eigenvalue weighted by atomic mass is 35.5. The molecule has 5 rings (SSSR count). The number of alkyl halides is 1. The number of rotatable bonds is 11. The van der Waals surface area contributed by atoms with Gasteiger partial charge in [0.05, 0.1) is 5.02 Å². The van der Waals surface area contributed by atoms with Gasteiger partial charge in [-0.25, -0.2) is 8.78 Å². The number of benzene rings is 4. The van der Waals surface area contributed by atoms with Gasteiger partial charge < -0.3 is 25.6 Å². The largest absolute Gasteiger partial charge is 0.490 e. The molecule has 9 heteroatoms.